The molecule has 1 aromatic rings. The minimum Gasteiger partial charge on any atom is -0.493 e. The zero-order valence-electron chi connectivity index (χ0n) is 12.1. The van der Waals surface area contributed by atoms with E-state index in [-0.39, 0.29) is 5.97 Å². The van der Waals surface area contributed by atoms with Crippen LogP contribution in [0.5, 0.6) is 11.5 Å². The Kier molecular flexibility index (Phi) is 7.01. The Morgan fingerprint density at radius 3 is 2.37 bits per heavy atom. The number of benzene rings is 1. The summed E-state index contributed by atoms with van der Waals surface area (Å²) in [6, 6.07) is 7.16. The van der Waals surface area contributed by atoms with Crippen LogP contribution in [0.15, 0.2) is 24.3 Å². The van der Waals surface area contributed by atoms with Crippen LogP contribution in [0, 0.1) is 5.92 Å². The number of carbonyl (C=O) groups is 1. The molecule has 0 aliphatic carbocycles. The largest absolute Gasteiger partial charge is 0.493 e. The smallest absolute Gasteiger partial charge is 0.308 e. The van der Waals surface area contributed by atoms with Crippen molar-refractivity contribution < 1.29 is 14.3 Å². The molecule has 0 aromatic heterocycles. The summed E-state index contributed by atoms with van der Waals surface area (Å²) in [7, 11) is 0. The van der Waals surface area contributed by atoms with E-state index in [1.165, 1.54) is 32.6 Å². The molecular weight excluding hydrogens is 240 g/mol. The van der Waals surface area contributed by atoms with Crippen LogP contribution in [0.1, 0.15) is 46.5 Å². The highest BCUT2D eigenvalue weighted by Crippen LogP contribution is 2.19. The van der Waals surface area contributed by atoms with Crippen LogP contribution in [-0.2, 0) is 4.79 Å². The van der Waals surface area contributed by atoms with Crippen molar-refractivity contribution in [3.63, 3.8) is 0 Å². The predicted octanol–water partition coefficient (Wildman–Crippen LogP) is 4.21. The minimum atomic E-state index is -0.307. The first-order valence-electron chi connectivity index (χ1n) is 7.03. The predicted molar refractivity (Wildman–Crippen MR) is 76.6 cm³/mol. The molecule has 0 fully saturated rings. The molecular formula is C16H24O3. The number of ether oxygens (including phenoxy) is 2. The van der Waals surface area contributed by atoms with E-state index in [0.717, 1.165) is 12.4 Å². The highest BCUT2D eigenvalue weighted by molar-refractivity contribution is 5.69. The molecule has 0 spiro atoms. The van der Waals surface area contributed by atoms with Gasteiger partial charge in [-0.3, -0.25) is 4.79 Å². The van der Waals surface area contributed by atoms with Crippen LogP contribution >= 0.6 is 0 Å². The zero-order valence-corrected chi connectivity index (χ0v) is 12.1. The van der Waals surface area contributed by atoms with Gasteiger partial charge in [0.25, 0.3) is 0 Å². The molecule has 3 heteroatoms. The Morgan fingerprint density at radius 2 is 1.79 bits per heavy atom. The lowest BCUT2D eigenvalue weighted by Crippen LogP contribution is -2.08. The van der Waals surface area contributed by atoms with Crippen molar-refractivity contribution in [3.8, 4) is 11.5 Å². The van der Waals surface area contributed by atoms with Crippen LogP contribution in [0.3, 0.4) is 0 Å². The molecule has 3 nitrogen and oxygen atoms in total. The van der Waals surface area contributed by atoms with Crippen LogP contribution in [-0.4, -0.2) is 12.6 Å². The average Bonchev–Trinajstić information content (AvgIpc) is 2.37. The van der Waals surface area contributed by atoms with Gasteiger partial charge in [0.1, 0.15) is 11.5 Å². The van der Waals surface area contributed by atoms with Gasteiger partial charge in [0.2, 0.25) is 0 Å². The van der Waals surface area contributed by atoms with Gasteiger partial charge in [-0.05, 0) is 36.6 Å². The second-order valence-electron chi connectivity index (χ2n) is 4.98. The molecule has 1 rings (SSSR count). The Morgan fingerprint density at radius 1 is 1.16 bits per heavy atom. The van der Waals surface area contributed by atoms with Crippen molar-refractivity contribution in [2.75, 3.05) is 6.61 Å². The molecule has 1 unspecified atom stereocenters. The number of esters is 1. The summed E-state index contributed by atoms with van der Waals surface area (Å²) >= 11 is 0. The fraction of sp³-hybridized carbons (Fsp3) is 0.562. The third kappa shape index (κ3) is 6.85. The fourth-order valence-corrected chi connectivity index (χ4v) is 1.83. The van der Waals surface area contributed by atoms with Crippen LogP contribution in [0.4, 0.5) is 0 Å². The van der Waals surface area contributed by atoms with Gasteiger partial charge < -0.3 is 9.47 Å². The minimum absolute atomic E-state index is 0.307. The van der Waals surface area contributed by atoms with E-state index >= 15 is 0 Å². The molecule has 0 N–H and O–H groups in total. The Labute approximate surface area is 115 Å². The lowest BCUT2D eigenvalue weighted by molar-refractivity contribution is -0.131. The van der Waals surface area contributed by atoms with Gasteiger partial charge >= 0.3 is 5.97 Å². The summed E-state index contributed by atoms with van der Waals surface area (Å²) in [5, 5.41) is 0. The summed E-state index contributed by atoms with van der Waals surface area (Å²) in [5.74, 6) is 1.63. The van der Waals surface area contributed by atoms with Crippen molar-refractivity contribution in [1.29, 1.82) is 0 Å². The number of hydrogen-bond acceptors (Lipinski definition) is 3. The van der Waals surface area contributed by atoms with Gasteiger partial charge in [-0.15, -0.1) is 0 Å². The molecule has 0 radical (unpaired) electrons. The monoisotopic (exact) mass is 264 g/mol. The summed E-state index contributed by atoms with van der Waals surface area (Å²) < 4.78 is 10.7. The van der Waals surface area contributed by atoms with Crippen LogP contribution in [0.25, 0.3) is 0 Å². The SMILES string of the molecule is CCCCCC(C)COc1ccc(OC(C)=O)cc1. The van der Waals surface area contributed by atoms with E-state index in [1.54, 1.807) is 12.1 Å². The first-order valence-corrected chi connectivity index (χ1v) is 7.03. The Bertz CT molecular complexity index is 370. The second-order valence-corrected chi connectivity index (χ2v) is 4.98. The quantitative estimate of drug-likeness (QED) is 0.401. The lowest BCUT2D eigenvalue weighted by Gasteiger charge is -2.13. The Hall–Kier alpha value is -1.51. The van der Waals surface area contributed by atoms with Gasteiger partial charge in [-0.1, -0.05) is 33.1 Å². The van der Waals surface area contributed by atoms with Crippen molar-refractivity contribution in [2.24, 2.45) is 5.92 Å². The van der Waals surface area contributed by atoms with Gasteiger partial charge in [0.15, 0.2) is 0 Å². The molecule has 0 saturated carbocycles. The van der Waals surface area contributed by atoms with E-state index < -0.39 is 0 Å². The van der Waals surface area contributed by atoms with Crippen molar-refractivity contribution in [2.45, 2.75) is 46.5 Å². The number of carbonyl (C=O) groups excluding carboxylic acids is 1. The molecule has 106 valence electrons. The fourth-order valence-electron chi connectivity index (χ4n) is 1.83. The van der Waals surface area contributed by atoms with Gasteiger partial charge in [0.05, 0.1) is 6.61 Å². The summed E-state index contributed by atoms with van der Waals surface area (Å²) in [6.45, 7) is 6.55. The maximum atomic E-state index is 10.8. The molecule has 0 heterocycles. The third-order valence-corrected chi connectivity index (χ3v) is 2.92. The number of rotatable bonds is 8. The highest BCUT2D eigenvalue weighted by Gasteiger charge is 2.04. The van der Waals surface area contributed by atoms with E-state index in [2.05, 4.69) is 13.8 Å². The molecule has 1 aromatic carbocycles. The van der Waals surface area contributed by atoms with Crippen molar-refractivity contribution in [3.05, 3.63) is 24.3 Å². The molecule has 0 bridgehead atoms. The molecule has 0 aliphatic rings. The normalized spacial score (nSPS) is 11.9. The van der Waals surface area contributed by atoms with E-state index in [1.807, 2.05) is 12.1 Å². The maximum absolute atomic E-state index is 10.8. The number of hydrogen-bond donors (Lipinski definition) is 0. The first-order chi connectivity index (χ1) is 9.11. The zero-order chi connectivity index (χ0) is 14.1. The first kappa shape index (κ1) is 15.5. The maximum Gasteiger partial charge on any atom is 0.308 e. The molecule has 0 amide bonds. The standard InChI is InChI=1S/C16H24O3/c1-4-5-6-7-13(2)12-18-15-8-10-16(11-9-15)19-14(3)17/h8-11,13H,4-7,12H2,1-3H3. The molecule has 19 heavy (non-hydrogen) atoms. The van der Waals surface area contributed by atoms with Crippen LogP contribution in [0.2, 0.25) is 0 Å². The highest BCUT2D eigenvalue weighted by atomic mass is 16.5. The topological polar surface area (TPSA) is 35.5 Å². The van der Waals surface area contributed by atoms with Gasteiger partial charge in [-0.25, -0.2) is 0 Å². The van der Waals surface area contributed by atoms with Gasteiger partial charge in [0, 0.05) is 6.92 Å². The second kappa shape index (κ2) is 8.57. The summed E-state index contributed by atoms with van der Waals surface area (Å²) in [5.41, 5.74) is 0. The molecule has 0 saturated heterocycles. The van der Waals surface area contributed by atoms with Crippen LogP contribution < -0.4 is 9.47 Å². The molecule has 0 aliphatic heterocycles. The van der Waals surface area contributed by atoms with Crippen molar-refractivity contribution in [1.82, 2.24) is 0 Å². The van der Waals surface area contributed by atoms with E-state index in [4.69, 9.17) is 9.47 Å². The summed E-state index contributed by atoms with van der Waals surface area (Å²) in [4.78, 5) is 10.8. The van der Waals surface area contributed by atoms with Crippen molar-refractivity contribution >= 4 is 5.97 Å². The van der Waals surface area contributed by atoms with E-state index in [0.29, 0.717) is 11.7 Å². The lowest BCUT2D eigenvalue weighted by atomic mass is 10.0. The molecule has 1 atom stereocenters. The third-order valence-electron chi connectivity index (χ3n) is 2.92. The number of unbranched alkanes of at least 4 members (excludes halogenated alkanes) is 2. The average molecular weight is 264 g/mol. The van der Waals surface area contributed by atoms with E-state index in [9.17, 15) is 4.79 Å². The van der Waals surface area contributed by atoms with Gasteiger partial charge in [-0.2, -0.15) is 0 Å². The Balaban J connectivity index is 2.31. The summed E-state index contributed by atoms with van der Waals surface area (Å²) in [6.07, 6.45) is 5.03.